The van der Waals surface area contributed by atoms with Crippen molar-refractivity contribution in [3.05, 3.63) is 29.8 Å². The third kappa shape index (κ3) is 3.63. The van der Waals surface area contributed by atoms with Crippen LogP contribution in [0.25, 0.3) is 0 Å². The van der Waals surface area contributed by atoms with E-state index in [-0.39, 0.29) is 11.7 Å². The second kappa shape index (κ2) is 6.55. The van der Waals surface area contributed by atoms with E-state index in [9.17, 15) is 22.0 Å². The third-order valence-corrected chi connectivity index (χ3v) is 6.55. The summed E-state index contributed by atoms with van der Waals surface area (Å²) >= 11 is 0. The van der Waals surface area contributed by atoms with Crippen LogP contribution in [-0.4, -0.2) is 32.7 Å². The summed E-state index contributed by atoms with van der Waals surface area (Å²) in [4.78, 5) is 12.6. The van der Waals surface area contributed by atoms with Gasteiger partial charge in [0.15, 0.2) is 11.6 Å². The molecule has 1 aromatic carbocycles. The number of carbonyl (C=O) groups is 1. The molecule has 0 aromatic heterocycles. The maximum absolute atomic E-state index is 13.5. The second-order valence-corrected chi connectivity index (χ2v) is 8.98. The van der Waals surface area contributed by atoms with Gasteiger partial charge in [0.1, 0.15) is 6.04 Å². The Morgan fingerprint density at radius 2 is 1.96 bits per heavy atom. The van der Waals surface area contributed by atoms with Gasteiger partial charge in [-0.3, -0.25) is 9.10 Å². The molecule has 0 saturated heterocycles. The van der Waals surface area contributed by atoms with Crippen molar-refractivity contribution in [3.8, 4) is 0 Å². The smallest absolute Gasteiger partial charge is 0.243 e. The van der Waals surface area contributed by atoms with Crippen LogP contribution in [0.15, 0.2) is 18.2 Å². The molecule has 0 radical (unpaired) electrons. The fourth-order valence-corrected chi connectivity index (χ4v) is 5.32. The molecular formula is C17H22F2N2O3S. The normalized spacial score (nSPS) is 26.5. The highest BCUT2D eigenvalue weighted by molar-refractivity contribution is 7.92. The Morgan fingerprint density at radius 1 is 1.24 bits per heavy atom. The molecule has 5 nitrogen and oxygen atoms in total. The number of carbonyl (C=O) groups excluding carboxylic acids is 1. The van der Waals surface area contributed by atoms with E-state index in [4.69, 9.17) is 0 Å². The molecule has 8 heteroatoms. The van der Waals surface area contributed by atoms with Crippen molar-refractivity contribution in [1.29, 1.82) is 0 Å². The lowest BCUT2D eigenvalue weighted by Crippen LogP contribution is -2.51. The van der Waals surface area contributed by atoms with E-state index in [0.717, 1.165) is 48.0 Å². The minimum absolute atomic E-state index is 0.0695. The number of nitrogens with one attached hydrogen (secondary N) is 1. The van der Waals surface area contributed by atoms with Gasteiger partial charge in [0.05, 0.1) is 11.9 Å². The van der Waals surface area contributed by atoms with Crippen LogP contribution in [0.2, 0.25) is 0 Å². The number of rotatable bonds is 5. The SMILES string of the molecule is C[C@H](C(=O)N[C@H]1C[C@H]2CC[C@H]1C2)N(c1ccc(F)c(F)c1)S(C)(=O)=O. The molecule has 1 aromatic rings. The molecule has 0 spiro atoms. The highest BCUT2D eigenvalue weighted by Crippen LogP contribution is 2.44. The minimum atomic E-state index is -3.85. The molecule has 0 heterocycles. The van der Waals surface area contributed by atoms with Crippen molar-refractivity contribution in [2.24, 2.45) is 11.8 Å². The molecule has 1 amide bonds. The van der Waals surface area contributed by atoms with Gasteiger partial charge in [-0.2, -0.15) is 0 Å². The van der Waals surface area contributed by atoms with Crippen LogP contribution >= 0.6 is 0 Å². The Kier molecular flexibility index (Phi) is 4.74. The molecule has 25 heavy (non-hydrogen) atoms. The number of hydrogen-bond donors (Lipinski definition) is 1. The van der Waals surface area contributed by atoms with Crippen molar-refractivity contribution in [2.45, 2.75) is 44.7 Å². The van der Waals surface area contributed by atoms with Gasteiger partial charge in [-0.05, 0) is 50.2 Å². The van der Waals surface area contributed by atoms with Crippen LogP contribution in [0.4, 0.5) is 14.5 Å². The molecule has 0 unspecified atom stereocenters. The molecular weight excluding hydrogens is 350 g/mol. The summed E-state index contributed by atoms with van der Waals surface area (Å²) in [7, 11) is -3.85. The molecule has 2 fully saturated rings. The molecule has 4 atom stereocenters. The van der Waals surface area contributed by atoms with Crippen LogP contribution in [0.1, 0.15) is 32.6 Å². The minimum Gasteiger partial charge on any atom is -0.351 e. The number of fused-ring (bicyclic) bond motifs is 2. The van der Waals surface area contributed by atoms with Gasteiger partial charge < -0.3 is 5.32 Å². The average molecular weight is 372 g/mol. The van der Waals surface area contributed by atoms with E-state index in [1.165, 1.54) is 13.3 Å². The molecule has 0 aliphatic heterocycles. The molecule has 2 saturated carbocycles. The Hall–Kier alpha value is -1.70. The highest BCUT2D eigenvalue weighted by Gasteiger charge is 2.41. The van der Waals surface area contributed by atoms with Gasteiger partial charge in [-0.15, -0.1) is 0 Å². The van der Waals surface area contributed by atoms with Crippen molar-refractivity contribution in [2.75, 3.05) is 10.6 Å². The van der Waals surface area contributed by atoms with E-state index in [1.54, 1.807) is 0 Å². The number of halogens is 2. The predicted octanol–water partition coefficient (Wildman–Crippen LogP) is 2.42. The van der Waals surface area contributed by atoms with E-state index >= 15 is 0 Å². The first kappa shape index (κ1) is 18.1. The summed E-state index contributed by atoms with van der Waals surface area (Å²) < 4.78 is 51.8. The number of nitrogens with zero attached hydrogens (tertiary/aromatic N) is 1. The summed E-state index contributed by atoms with van der Waals surface area (Å²) in [6.45, 7) is 1.45. The number of anilines is 1. The molecule has 2 aliphatic carbocycles. The van der Waals surface area contributed by atoms with E-state index < -0.39 is 33.6 Å². The lowest BCUT2D eigenvalue weighted by atomic mass is 9.95. The highest BCUT2D eigenvalue weighted by atomic mass is 32.2. The number of amides is 1. The Morgan fingerprint density at radius 3 is 2.48 bits per heavy atom. The lowest BCUT2D eigenvalue weighted by Gasteiger charge is -2.31. The quantitative estimate of drug-likeness (QED) is 0.863. The van der Waals surface area contributed by atoms with Crippen LogP contribution in [0, 0.1) is 23.5 Å². The largest absolute Gasteiger partial charge is 0.351 e. The molecule has 1 N–H and O–H groups in total. The van der Waals surface area contributed by atoms with Crippen molar-refractivity contribution >= 4 is 21.6 Å². The van der Waals surface area contributed by atoms with Crippen LogP contribution in [0.5, 0.6) is 0 Å². The summed E-state index contributed by atoms with van der Waals surface area (Å²) in [6, 6.07) is 1.81. The van der Waals surface area contributed by atoms with Crippen molar-refractivity contribution in [3.63, 3.8) is 0 Å². The van der Waals surface area contributed by atoms with Gasteiger partial charge >= 0.3 is 0 Å². The van der Waals surface area contributed by atoms with Gasteiger partial charge in [-0.1, -0.05) is 6.42 Å². The van der Waals surface area contributed by atoms with Crippen LogP contribution in [0.3, 0.4) is 0 Å². The van der Waals surface area contributed by atoms with Crippen LogP contribution < -0.4 is 9.62 Å². The molecule has 3 rings (SSSR count). The average Bonchev–Trinajstić information content (AvgIpc) is 3.12. The Labute approximate surface area is 146 Å². The van der Waals surface area contributed by atoms with Crippen molar-refractivity contribution < 1.29 is 22.0 Å². The first-order valence-corrected chi connectivity index (χ1v) is 10.3. The van der Waals surface area contributed by atoms with Gasteiger partial charge in [-0.25, -0.2) is 17.2 Å². The maximum Gasteiger partial charge on any atom is 0.243 e. The zero-order valence-electron chi connectivity index (χ0n) is 14.2. The van der Waals surface area contributed by atoms with E-state index in [0.29, 0.717) is 11.8 Å². The van der Waals surface area contributed by atoms with Crippen LogP contribution in [-0.2, 0) is 14.8 Å². The summed E-state index contributed by atoms with van der Waals surface area (Å²) in [5.74, 6) is -1.56. The number of hydrogen-bond acceptors (Lipinski definition) is 3. The van der Waals surface area contributed by atoms with E-state index in [2.05, 4.69) is 5.32 Å². The first-order chi connectivity index (χ1) is 11.7. The van der Waals surface area contributed by atoms with Gasteiger partial charge in [0.2, 0.25) is 15.9 Å². The zero-order valence-corrected chi connectivity index (χ0v) is 15.0. The lowest BCUT2D eigenvalue weighted by molar-refractivity contribution is -0.122. The number of sulfonamides is 1. The van der Waals surface area contributed by atoms with Gasteiger partial charge in [0.25, 0.3) is 0 Å². The first-order valence-electron chi connectivity index (χ1n) is 8.41. The Balaban J connectivity index is 1.80. The van der Waals surface area contributed by atoms with E-state index in [1.807, 2.05) is 0 Å². The number of benzene rings is 1. The molecule has 2 bridgehead atoms. The van der Waals surface area contributed by atoms with Crippen molar-refractivity contribution in [1.82, 2.24) is 5.32 Å². The summed E-state index contributed by atoms with van der Waals surface area (Å²) in [6.07, 6.45) is 5.25. The predicted molar refractivity (Wildman–Crippen MR) is 90.5 cm³/mol. The standard InChI is InChI=1S/C17H22F2N2O3S/c1-10(17(22)20-16-8-11-3-4-12(16)7-11)21(25(2,23)24)13-5-6-14(18)15(19)9-13/h5-6,9-12,16H,3-4,7-8H2,1-2H3,(H,20,22)/t10-,11+,12+,16+/m1/s1. The molecule has 2 aliphatic rings. The monoisotopic (exact) mass is 372 g/mol. The fraction of sp³-hybridized carbons (Fsp3) is 0.588. The topological polar surface area (TPSA) is 66.5 Å². The Bertz CT molecular complexity index is 784. The maximum atomic E-state index is 13.5. The zero-order chi connectivity index (χ0) is 18.4. The second-order valence-electron chi connectivity index (χ2n) is 7.12. The summed E-state index contributed by atoms with van der Waals surface area (Å²) in [5, 5.41) is 2.95. The van der Waals surface area contributed by atoms with Gasteiger partial charge in [0, 0.05) is 12.1 Å². The third-order valence-electron chi connectivity index (χ3n) is 5.31. The summed E-state index contributed by atoms with van der Waals surface area (Å²) in [5.41, 5.74) is -0.0722. The molecule has 138 valence electrons. The fourth-order valence-electron chi connectivity index (χ4n) is 4.16.